The van der Waals surface area contributed by atoms with Gasteiger partial charge in [-0.1, -0.05) is 23.7 Å². The first-order valence-corrected chi connectivity index (χ1v) is 8.30. The Hall–Kier alpha value is -2.29. The molecule has 0 radical (unpaired) electrons. The highest BCUT2D eigenvalue weighted by Gasteiger charge is 2.15. The van der Waals surface area contributed by atoms with Crippen LogP contribution in [0.2, 0.25) is 5.02 Å². The molecule has 0 aliphatic carbocycles. The molecule has 0 aliphatic rings. The SMILES string of the molecule is Cc1nc(-c2cccc(Cl)c2)n(-c2ccc(S(=O)(=O)O)cn2)n1. The number of rotatable bonds is 3. The molecule has 0 fully saturated rings. The molecule has 7 nitrogen and oxygen atoms in total. The Balaban J connectivity index is 2.11. The second kappa shape index (κ2) is 5.73. The number of hydrogen-bond donors (Lipinski definition) is 1. The van der Waals surface area contributed by atoms with Crippen molar-refractivity contribution in [1.29, 1.82) is 0 Å². The lowest BCUT2D eigenvalue weighted by molar-refractivity contribution is 0.482. The van der Waals surface area contributed by atoms with Crippen molar-refractivity contribution in [3.05, 3.63) is 53.4 Å². The first-order chi connectivity index (χ1) is 10.8. The van der Waals surface area contributed by atoms with Crippen LogP contribution in [0.4, 0.5) is 0 Å². The van der Waals surface area contributed by atoms with E-state index in [1.807, 2.05) is 6.07 Å². The first kappa shape index (κ1) is 15.6. The Kier molecular flexibility index (Phi) is 3.88. The quantitative estimate of drug-likeness (QED) is 0.729. The van der Waals surface area contributed by atoms with E-state index in [2.05, 4.69) is 15.1 Å². The second-order valence-corrected chi connectivity index (χ2v) is 6.59. The van der Waals surface area contributed by atoms with Crippen LogP contribution in [-0.2, 0) is 10.1 Å². The minimum absolute atomic E-state index is 0.289. The Morgan fingerprint density at radius 2 is 2.00 bits per heavy atom. The van der Waals surface area contributed by atoms with Crippen LogP contribution < -0.4 is 0 Å². The van der Waals surface area contributed by atoms with Crippen LogP contribution in [0.15, 0.2) is 47.5 Å². The molecule has 0 bridgehead atoms. The monoisotopic (exact) mass is 350 g/mol. The molecule has 0 atom stereocenters. The zero-order chi connectivity index (χ0) is 16.6. The van der Waals surface area contributed by atoms with Crippen molar-refractivity contribution in [2.75, 3.05) is 0 Å². The van der Waals surface area contributed by atoms with Crippen molar-refractivity contribution in [1.82, 2.24) is 19.7 Å². The minimum atomic E-state index is -4.29. The van der Waals surface area contributed by atoms with E-state index in [1.165, 1.54) is 16.8 Å². The Bertz CT molecular complexity index is 968. The molecule has 0 aliphatic heterocycles. The summed E-state index contributed by atoms with van der Waals surface area (Å²) in [6.07, 6.45) is 1.06. The maximum atomic E-state index is 11.1. The molecule has 3 rings (SSSR count). The fourth-order valence-electron chi connectivity index (χ4n) is 2.04. The van der Waals surface area contributed by atoms with E-state index >= 15 is 0 Å². The summed E-state index contributed by atoms with van der Waals surface area (Å²) < 4.78 is 32.6. The van der Waals surface area contributed by atoms with Gasteiger partial charge in [0.25, 0.3) is 10.1 Å². The van der Waals surface area contributed by atoms with Crippen LogP contribution in [0, 0.1) is 6.92 Å². The predicted molar refractivity (Wildman–Crippen MR) is 84.2 cm³/mol. The van der Waals surface area contributed by atoms with E-state index < -0.39 is 10.1 Å². The molecule has 0 amide bonds. The summed E-state index contributed by atoms with van der Waals surface area (Å²) >= 11 is 6.00. The Morgan fingerprint density at radius 1 is 1.22 bits per heavy atom. The Morgan fingerprint density at radius 3 is 2.61 bits per heavy atom. The van der Waals surface area contributed by atoms with Gasteiger partial charge in [0.15, 0.2) is 11.6 Å². The van der Waals surface area contributed by atoms with Gasteiger partial charge in [0.05, 0.1) is 6.20 Å². The van der Waals surface area contributed by atoms with Crippen molar-refractivity contribution in [2.24, 2.45) is 0 Å². The summed E-state index contributed by atoms with van der Waals surface area (Å²) in [7, 11) is -4.29. The summed E-state index contributed by atoms with van der Waals surface area (Å²) in [5.41, 5.74) is 0.749. The zero-order valence-electron chi connectivity index (χ0n) is 11.9. The molecule has 2 aromatic heterocycles. The van der Waals surface area contributed by atoms with Gasteiger partial charge in [0.1, 0.15) is 10.7 Å². The van der Waals surface area contributed by atoms with Gasteiger partial charge in [-0.15, -0.1) is 5.10 Å². The third-order valence-electron chi connectivity index (χ3n) is 3.03. The number of aromatic nitrogens is 4. The maximum Gasteiger partial charge on any atom is 0.296 e. The van der Waals surface area contributed by atoms with E-state index in [1.54, 1.807) is 25.1 Å². The zero-order valence-corrected chi connectivity index (χ0v) is 13.5. The van der Waals surface area contributed by atoms with Gasteiger partial charge >= 0.3 is 0 Å². The Labute approximate surface area is 137 Å². The molecule has 0 unspecified atom stereocenters. The van der Waals surface area contributed by atoms with Crippen molar-refractivity contribution < 1.29 is 13.0 Å². The summed E-state index contributed by atoms with van der Waals surface area (Å²) in [6, 6.07) is 9.80. The molecule has 1 N–H and O–H groups in total. The van der Waals surface area contributed by atoms with Crippen LogP contribution in [0.1, 0.15) is 5.82 Å². The summed E-state index contributed by atoms with van der Waals surface area (Å²) in [5, 5.41) is 4.83. The van der Waals surface area contributed by atoms with Gasteiger partial charge in [-0.2, -0.15) is 13.1 Å². The van der Waals surface area contributed by atoms with E-state index in [9.17, 15) is 8.42 Å². The molecular formula is C14H11ClN4O3S. The molecule has 118 valence electrons. The summed E-state index contributed by atoms with van der Waals surface area (Å²) in [5.74, 6) is 1.42. The van der Waals surface area contributed by atoms with Crippen LogP contribution in [0.3, 0.4) is 0 Å². The summed E-state index contributed by atoms with van der Waals surface area (Å²) in [6.45, 7) is 1.73. The smallest absolute Gasteiger partial charge is 0.282 e. The largest absolute Gasteiger partial charge is 0.296 e. The van der Waals surface area contributed by atoms with Crippen LogP contribution in [0.25, 0.3) is 17.2 Å². The average Bonchev–Trinajstić information content (AvgIpc) is 2.88. The molecule has 2 heterocycles. The van der Waals surface area contributed by atoms with E-state index in [4.69, 9.17) is 16.2 Å². The molecule has 1 aromatic carbocycles. The lowest BCUT2D eigenvalue weighted by Crippen LogP contribution is -2.04. The number of benzene rings is 1. The fourth-order valence-corrected chi connectivity index (χ4v) is 2.66. The first-order valence-electron chi connectivity index (χ1n) is 6.48. The van der Waals surface area contributed by atoms with Crippen LogP contribution in [0.5, 0.6) is 0 Å². The minimum Gasteiger partial charge on any atom is -0.282 e. The third-order valence-corrected chi connectivity index (χ3v) is 4.10. The van der Waals surface area contributed by atoms with E-state index in [-0.39, 0.29) is 4.90 Å². The van der Waals surface area contributed by atoms with Gasteiger partial charge in [-0.25, -0.2) is 9.97 Å². The fraction of sp³-hybridized carbons (Fsp3) is 0.0714. The lowest BCUT2D eigenvalue weighted by atomic mass is 10.2. The van der Waals surface area contributed by atoms with Gasteiger partial charge in [-0.05, 0) is 31.2 Å². The molecule has 0 spiro atoms. The highest BCUT2D eigenvalue weighted by atomic mass is 35.5. The molecule has 9 heteroatoms. The number of pyridine rings is 1. The van der Waals surface area contributed by atoms with Gasteiger partial charge < -0.3 is 0 Å². The molecule has 23 heavy (non-hydrogen) atoms. The third kappa shape index (κ3) is 3.24. The lowest BCUT2D eigenvalue weighted by Gasteiger charge is -2.06. The highest BCUT2D eigenvalue weighted by molar-refractivity contribution is 7.85. The predicted octanol–water partition coefficient (Wildman–Crippen LogP) is 2.54. The molecule has 0 saturated carbocycles. The van der Waals surface area contributed by atoms with Gasteiger partial charge in [0.2, 0.25) is 0 Å². The van der Waals surface area contributed by atoms with Crippen molar-refractivity contribution in [3.63, 3.8) is 0 Å². The second-order valence-electron chi connectivity index (χ2n) is 4.73. The molecule has 3 aromatic rings. The number of nitrogens with zero attached hydrogens (tertiary/aromatic N) is 4. The average molecular weight is 351 g/mol. The van der Waals surface area contributed by atoms with Crippen molar-refractivity contribution in [2.45, 2.75) is 11.8 Å². The normalized spacial score (nSPS) is 11.6. The number of hydrogen-bond acceptors (Lipinski definition) is 5. The van der Waals surface area contributed by atoms with E-state index in [0.717, 1.165) is 11.8 Å². The maximum absolute atomic E-state index is 11.1. The molecule has 0 saturated heterocycles. The topological polar surface area (TPSA) is 98.0 Å². The van der Waals surface area contributed by atoms with Crippen molar-refractivity contribution in [3.8, 4) is 17.2 Å². The number of aryl methyl sites for hydroxylation is 1. The van der Waals surface area contributed by atoms with Crippen LogP contribution >= 0.6 is 11.6 Å². The highest BCUT2D eigenvalue weighted by Crippen LogP contribution is 2.23. The standard InChI is InChI=1S/C14H11ClN4O3S/c1-9-17-14(10-3-2-4-11(15)7-10)19(18-9)13-6-5-12(8-16-13)23(20,21)22/h2-8H,1H3,(H,20,21,22). The van der Waals surface area contributed by atoms with Gasteiger partial charge in [-0.3, -0.25) is 4.55 Å². The van der Waals surface area contributed by atoms with Gasteiger partial charge in [0, 0.05) is 10.6 Å². The number of halogens is 1. The van der Waals surface area contributed by atoms with Crippen molar-refractivity contribution >= 4 is 21.7 Å². The molecular weight excluding hydrogens is 340 g/mol. The van der Waals surface area contributed by atoms with Crippen LogP contribution in [-0.4, -0.2) is 32.7 Å². The van der Waals surface area contributed by atoms with E-state index in [0.29, 0.717) is 22.5 Å². The summed E-state index contributed by atoms with van der Waals surface area (Å²) in [4.78, 5) is 8.09.